The molecule has 25 N–H and O–H groups in total. The van der Waals surface area contributed by atoms with Gasteiger partial charge in [0.05, 0.1) is 38.2 Å². The zero-order valence-corrected chi connectivity index (χ0v) is 71.5. The maximum Gasteiger partial charge on any atom is 0.245 e. The van der Waals surface area contributed by atoms with Gasteiger partial charge in [0.2, 0.25) is 82.7 Å². The van der Waals surface area contributed by atoms with E-state index in [1.807, 2.05) is 18.2 Å². The van der Waals surface area contributed by atoms with E-state index in [0.29, 0.717) is 43.4 Å². The number of ketones is 1. The van der Waals surface area contributed by atoms with E-state index >= 15 is 14.4 Å². The number of aromatic nitrogens is 1. The van der Waals surface area contributed by atoms with Crippen molar-refractivity contribution in [2.45, 2.75) is 291 Å². The molecule has 14 amide bonds. The fourth-order valence-corrected chi connectivity index (χ4v) is 14.9. The maximum absolute atomic E-state index is 15.3. The number of aliphatic imine (C=N–C) groups is 1. The molecule has 2 unspecified atom stereocenters. The van der Waals surface area contributed by atoms with E-state index in [-0.39, 0.29) is 102 Å². The van der Waals surface area contributed by atoms with Crippen molar-refractivity contribution in [1.82, 2.24) is 84.3 Å². The number of benzene rings is 2. The molecule has 686 valence electrons. The van der Waals surface area contributed by atoms with Crippen LogP contribution in [-0.4, -0.2) is 257 Å². The van der Waals surface area contributed by atoms with Gasteiger partial charge in [0.15, 0.2) is 5.96 Å². The largest absolute Gasteiger partial charge is 0.394 e. The lowest BCUT2D eigenvalue weighted by molar-refractivity contribution is -0.143. The lowest BCUT2D eigenvalue weighted by atomic mass is 10.0. The Morgan fingerprint density at radius 1 is 0.581 bits per heavy atom. The number of nitrogens with one attached hydrogen (secondary N) is 16. The van der Waals surface area contributed by atoms with Crippen molar-refractivity contribution in [2.24, 2.45) is 22.2 Å². The summed E-state index contributed by atoms with van der Waals surface area (Å²) in [6, 6.07) is -2.20. The number of nitrogens with zero attached hydrogens (tertiary/aromatic N) is 2. The number of aromatic amines is 1. The average molecular weight is 1740 g/mol. The molecule has 2 saturated heterocycles. The first-order chi connectivity index (χ1) is 59.6. The SMILES string of the molecule is CCCCCCCCCCCCCCCC(=O)NCC(=O)NC(CO)C(=O)N[C@@H](CCC(N)=O)C(=O)N[C@@H](CC1CNC=N1)C(=O)N[C@@H](CO)C(=O)N[C@@H](CCCC)C(=O)N[C@H]1CCC(=O)CCNCCCC[C@@H](C(N)=O)NC(=O)[C@H](Cc2c[nH]c3ccccc23)NC(=O)[C@H](CCCNC(=N)N)NC(=O)[C@@H](Cc2ccccc2)NC(=O)[C@@H]2C[C@@H](O)CN2C1=O. The number of Topliss-reactive ketones (excluding diaryl/α,β-unsaturated/α-hetero) is 1. The zero-order chi connectivity index (χ0) is 90.3. The number of carbonyl (C=O) groups excluding carboxylic acids is 15. The second kappa shape index (κ2) is 55.8. The van der Waals surface area contributed by atoms with Gasteiger partial charge in [-0.1, -0.05) is 152 Å². The number of guanidine groups is 1. The van der Waals surface area contributed by atoms with Gasteiger partial charge in [0.1, 0.15) is 72.2 Å². The van der Waals surface area contributed by atoms with Crippen LogP contribution in [0.25, 0.3) is 10.9 Å². The second-order valence-corrected chi connectivity index (χ2v) is 32.1. The number of hydrogen-bond donors (Lipinski definition) is 22. The monoisotopic (exact) mass is 1740 g/mol. The van der Waals surface area contributed by atoms with Crippen molar-refractivity contribution in [3.63, 3.8) is 0 Å². The average Bonchev–Trinajstić information content (AvgIpc) is 1.66. The number of fused-ring (bicyclic) bond motifs is 2. The molecular weight excluding hydrogens is 1600 g/mol. The second-order valence-electron chi connectivity index (χ2n) is 32.1. The van der Waals surface area contributed by atoms with E-state index in [9.17, 15) is 72.9 Å². The molecular formula is C85H133N21O18. The van der Waals surface area contributed by atoms with Gasteiger partial charge in [-0.2, -0.15) is 0 Å². The first kappa shape index (κ1) is 102. The molecule has 4 heterocycles. The van der Waals surface area contributed by atoms with Crippen LogP contribution < -0.4 is 91.6 Å². The Morgan fingerprint density at radius 2 is 1.16 bits per heavy atom. The number of primary amides is 2. The van der Waals surface area contributed by atoms with Crippen LogP contribution in [0.4, 0.5) is 0 Å². The van der Waals surface area contributed by atoms with Crippen LogP contribution in [0.1, 0.15) is 211 Å². The fourth-order valence-electron chi connectivity index (χ4n) is 14.9. The highest BCUT2D eigenvalue weighted by atomic mass is 16.3. The van der Waals surface area contributed by atoms with Crippen LogP contribution in [0.15, 0.2) is 65.8 Å². The molecule has 0 saturated carbocycles. The quantitative estimate of drug-likeness (QED) is 0.0173. The minimum absolute atomic E-state index is 0.0556. The summed E-state index contributed by atoms with van der Waals surface area (Å²) in [6.45, 7) is 1.53. The number of hydrogen-bond acceptors (Lipinski definition) is 22. The van der Waals surface area contributed by atoms with Gasteiger partial charge < -0.3 is 117 Å². The third kappa shape index (κ3) is 36.7. The molecule has 0 spiro atoms. The van der Waals surface area contributed by atoms with E-state index in [0.717, 1.165) is 41.5 Å². The van der Waals surface area contributed by atoms with Crippen LogP contribution in [0.5, 0.6) is 0 Å². The third-order valence-electron chi connectivity index (χ3n) is 22.1. The number of nitrogens with two attached hydrogens (primary N) is 3. The van der Waals surface area contributed by atoms with Gasteiger partial charge in [-0.3, -0.25) is 82.3 Å². The lowest BCUT2D eigenvalue weighted by Crippen LogP contribution is -2.61. The zero-order valence-electron chi connectivity index (χ0n) is 71.5. The number of amides is 14. The summed E-state index contributed by atoms with van der Waals surface area (Å²) in [5.74, 6) is -13.6. The molecule has 1 aromatic heterocycles. The summed E-state index contributed by atoms with van der Waals surface area (Å²) in [5, 5.41) is 78.0. The van der Waals surface area contributed by atoms with Crippen LogP contribution in [0.2, 0.25) is 0 Å². The fraction of sp³-hybridized carbons (Fsp3) is 0.635. The number of para-hydroxylation sites is 1. The Balaban J connectivity index is 1.19. The molecule has 124 heavy (non-hydrogen) atoms. The third-order valence-corrected chi connectivity index (χ3v) is 22.1. The number of unbranched alkanes of at least 4 members (excludes halogenated alkanes) is 13. The first-order valence-corrected chi connectivity index (χ1v) is 43.8. The van der Waals surface area contributed by atoms with E-state index in [2.05, 4.69) is 91.3 Å². The van der Waals surface area contributed by atoms with E-state index < -0.39 is 213 Å². The highest BCUT2D eigenvalue weighted by Crippen LogP contribution is 2.24. The smallest absolute Gasteiger partial charge is 0.245 e. The normalized spacial score (nSPS) is 20.8. The Bertz CT molecular complexity index is 4020. The van der Waals surface area contributed by atoms with Crippen molar-refractivity contribution in [1.29, 1.82) is 5.41 Å². The Morgan fingerprint density at radius 3 is 1.81 bits per heavy atom. The van der Waals surface area contributed by atoms with Crippen LogP contribution in [0.3, 0.4) is 0 Å². The summed E-state index contributed by atoms with van der Waals surface area (Å²) < 4.78 is 0. The van der Waals surface area contributed by atoms with Crippen molar-refractivity contribution in [3.8, 4) is 0 Å². The van der Waals surface area contributed by atoms with Gasteiger partial charge in [-0.05, 0) is 81.5 Å². The predicted octanol–water partition coefficient (Wildman–Crippen LogP) is -1.55. The lowest BCUT2D eigenvalue weighted by Gasteiger charge is -2.31. The van der Waals surface area contributed by atoms with E-state index in [1.165, 1.54) is 57.7 Å². The number of rotatable bonds is 46. The molecule has 3 aliphatic heterocycles. The molecule has 6 rings (SSSR count). The predicted molar refractivity (Wildman–Crippen MR) is 462 cm³/mol. The maximum atomic E-state index is 15.3. The molecule has 0 bridgehead atoms. The van der Waals surface area contributed by atoms with Crippen molar-refractivity contribution in [2.75, 3.05) is 52.5 Å². The van der Waals surface area contributed by atoms with Gasteiger partial charge in [-0.25, -0.2) is 0 Å². The summed E-state index contributed by atoms with van der Waals surface area (Å²) >= 11 is 0. The first-order valence-electron chi connectivity index (χ1n) is 43.8. The van der Waals surface area contributed by atoms with Gasteiger partial charge in [0, 0.05) is 94.6 Å². The topological polar surface area (TPSA) is 618 Å². The highest BCUT2D eigenvalue weighted by molar-refractivity contribution is 6.00. The van der Waals surface area contributed by atoms with Crippen LogP contribution in [-0.2, 0) is 84.8 Å². The molecule has 3 aromatic rings. The van der Waals surface area contributed by atoms with Crippen LogP contribution >= 0.6 is 0 Å². The number of aliphatic hydroxyl groups is 3. The Hall–Kier alpha value is -11.2. The minimum Gasteiger partial charge on any atom is -0.394 e. The molecule has 2 aromatic carbocycles. The van der Waals surface area contributed by atoms with Crippen molar-refractivity contribution >= 4 is 112 Å². The van der Waals surface area contributed by atoms with Gasteiger partial charge >= 0.3 is 0 Å². The minimum atomic E-state index is -1.87. The molecule has 13 atom stereocenters. The highest BCUT2D eigenvalue weighted by Gasteiger charge is 2.44. The van der Waals surface area contributed by atoms with Crippen LogP contribution in [0, 0.1) is 5.41 Å². The van der Waals surface area contributed by atoms with E-state index in [1.54, 1.807) is 49.5 Å². The van der Waals surface area contributed by atoms with E-state index in [4.69, 9.17) is 22.6 Å². The Kier molecular flexibility index (Phi) is 45.8. The van der Waals surface area contributed by atoms with Crippen molar-refractivity contribution < 1.29 is 87.2 Å². The molecule has 0 aliphatic carbocycles. The number of carbonyl (C=O) groups is 15. The summed E-state index contributed by atoms with van der Waals surface area (Å²) in [7, 11) is 0. The summed E-state index contributed by atoms with van der Waals surface area (Å²) in [5.41, 5.74) is 18.8. The molecule has 39 heteroatoms. The van der Waals surface area contributed by atoms with Crippen molar-refractivity contribution in [3.05, 3.63) is 71.9 Å². The number of aliphatic hydroxyl groups excluding tert-OH is 3. The number of H-pyrrole nitrogens is 1. The summed E-state index contributed by atoms with van der Waals surface area (Å²) in [4.78, 5) is 220. The Labute approximate surface area is 723 Å². The summed E-state index contributed by atoms with van der Waals surface area (Å²) in [6.07, 6.45) is 15.0. The molecule has 39 nitrogen and oxygen atoms in total. The molecule has 3 aliphatic rings. The molecule has 0 radical (unpaired) electrons. The van der Waals surface area contributed by atoms with Gasteiger partial charge in [0.25, 0.3) is 0 Å². The molecule has 2 fully saturated rings. The standard InChI is InChI=1S/C85H133N21O18/c1-3-5-7-8-9-10-11-12-13-14-15-16-20-33-72(112)94-48-73(113)96-68(50-107)81(121)100-63(36-37-71(86)111)77(117)103-67(44-55-47-91-52-95-55)80(120)105-69(51-108)82(122)99-61(29-6-4-2)75(115)101-64-35-34-56(109)38-41-90-39-24-23-31-60(74(87)114)97-79(119)66(43-54-46-93-59-30-22-21-28-58(54)59)102-76(116)62(32-25-40-92-85(88)89)98-78(118)65(42-53-26-18-17-19-27-53)104-83(123)70-45-57(110)49-106(70)84(64)124/h17-19,21-22,26-28,30,46,52,55,57,60-70,90,93,107-108,110H,3-16,20,23-25,29,31-45,47-51H2,1-2H3,(H2,86,111)(H2,87,114)(H,91,95)(H,94,112)(H,96,113)(H,97,119)(H,98,118)(H,99,122)(H,100,121)(H,101,115)(H,102,116)(H,103,117)(H,104,123)(H,105,120)(H4,88,89,92)/t55?,57-,60+,61+,62+,63+,64+,65-,66+,67+,68?,69+,70+/m1/s1. The van der Waals surface area contributed by atoms with Gasteiger partial charge in [-0.15, -0.1) is 0 Å².